The maximum absolute atomic E-state index is 11.2. The molecule has 2 aromatic rings. The lowest BCUT2D eigenvalue weighted by Crippen LogP contribution is -2.12. The fourth-order valence-electron chi connectivity index (χ4n) is 1.20. The quantitative estimate of drug-likeness (QED) is 0.801. The minimum atomic E-state index is -0.190. The molecule has 2 N–H and O–H groups in total. The maximum Gasteiger partial charge on any atom is 0.343 e. The molecule has 2 heterocycles. The van der Waals surface area contributed by atoms with E-state index >= 15 is 0 Å². The molecule has 0 saturated carbocycles. The Bertz CT molecular complexity index is 544. The highest BCUT2D eigenvalue weighted by atomic mass is 32.2. The molecule has 0 bridgehead atoms. The summed E-state index contributed by atoms with van der Waals surface area (Å²) in [5.41, 5.74) is -0.190. The smallest absolute Gasteiger partial charge is 0.343 e. The molecule has 0 atom stereocenters. The third kappa shape index (κ3) is 2.89. The van der Waals surface area contributed by atoms with Gasteiger partial charge < -0.3 is 5.32 Å². The van der Waals surface area contributed by atoms with E-state index in [2.05, 4.69) is 20.5 Å². The summed E-state index contributed by atoms with van der Waals surface area (Å²) < 4.78 is 1.50. The van der Waals surface area contributed by atoms with Crippen LogP contribution < -0.4 is 11.0 Å². The number of nitrogens with zero attached hydrogens (tertiary/aromatic N) is 3. The van der Waals surface area contributed by atoms with Crippen molar-refractivity contribution in [2.24, 2.45) is 7.05 Å². The first-order valence-electron chi connectivity index (χ1n) is 5.13. The molecule has 0 aliphatic heterocycles. The Kier molecular flexibility index (Phi) is 3.85. The van der Waals surface area contributed by atoms with Gasteiger partial charge in [-0.1, -0.05) is 11.8 Å². The van der Waals surface area contributed by atoms with Gasteiger partial charge in [-0.25, -0.2) is 14.9 Å². The van der Waals surface area contributed by atoms with Crippen molar-refractivity contribution >= 4 is 28.2 Å². The van der Waals surface area contributed by atoms with Crippen LogP contribution in [0, 0.1) is 0 Å². The summed E-state index contributed by atoms with van der Waals surface area (Å²) in [6.45, 7) is 2.91. The van der Waals surface area contributed by atoms with E-state index in [9.17, 15) is 4.79 Å². The van der Waals surface area contributed by atoms with Gasteiger partial charge in [0.25, 0.3) is 0 Å². The Hall–Kier alpha value is -1.28. The molecule has 0 fully saturated rings. The number of hydrogen-bond acceptors (Lipinski definition) is 6. The monoisotopic (exact) mass is 271 g/mol. The first-order valence-corrected chi connectivity index (χ1v) is 6.93. The van der Waals surface area contributed by atoms with Crippen LogP contribution in [0.15, 0.2) is 16.1 Å². The molecule has 0 unspecified atom stereocenters. The second-order valence-electron chi connectivity index (χ2n) is 3.32. The van der Waals surface area contributed by atoms with E-state index in [4.69, 9.17) is 0 Å². The van der Waals surface area contributed by atoms with Gasteiger partial charge in [-0.3, -0.25) is 4.57 Å². The number of thioether (sulfide) groups is 1. The standard InChI is InChI=1S/C9H13N5OS2/c1-3-10-7-11-4-6(17-7)5-16-9-13-12-8(15)14(9)2/h4H,3,5H2,1-2H3,(H,10,11)(H,12,15). The Morgan fingerprint density at radius 1 is 1.65 bits per heavy atom. The lowest BCUT2D eigenvalue weighted by atomic mass is 10.6. The minimum Gasteiger partial charge on any atom is -0.362 e. The van der Waals surface area contributed by atoms with Gasteiger partial charge in [0.1, 0.15) is 0 Å². The average molecular weight is 271 g/mol. The van der Waals surface area contributed by atoms with Crippen molar-refractivity contribution in [3.8, 4) is 0 Å². The van der Waals surface area contributed by atoms with Crippen molar-refractivity contribution in [3.05, 3.63) is 21.6 Å². The summed E-state index contributed by atoms with van der Waals surface area (Å²) >= 11 is 3.14. The van der Waals surface area contributed by atoms with Crippen LogP contribution in [-0.4, -0.2) is 26.3 Å². The number of H-pyrrole nitrogens is 1. The van der Waals surface area contributed by atoms with Crippen LogP contribution in [0.2, 0.25) is 0 Å². The molecule has 0 saturated heterocycles. The lowest BCUT2D eigenvalue weighted by Gasteiger charge is -1.97. The van der Waals surface area contributed by atoms with Gasteiger partial charge in [-0.15, -0.1) is 16.4 Å². The molecule has 0 spiro atoms. The zero-order valence-corrected chi connectivity index (χ0v) is 11.2. The zero-order chi connectivity index (χ0) is 12.3. The van der Waals surface area contributed by atoms with Crippen LogP contribution in [0.1, 0.15) is 11.8 Å². The van der Waals surface area contributed by atoms with Crippen molar-refractivity contribution in [2.45, 2.75) is 17.8 Å². The molecule has 8 heteroatoms. The largest absolute Gasteiger partial charge is 0.362 e. The Morgan fingerprint density at radius 3 is 3.12 bits per heavy atom. The summed E-state index contributed by atoms with van der Waals surface area (Å²) in [4.78, 5) is 16.5. The average Bonchev–Trinajstić information content (AvgIpc) is 2.87. The number of rotatable bonds is 5. The fraction of sp³-hybridized carbons (Fsp3) is 0.444. The molecule has 92 valence electrons. The lowest BCUT2D eigenvalue weighted by molar-refractivity contribution is 0.766. The van der Waals surface area contributed by atoms with Crippen molar-refractivity contribution in [2.75, 3.05) is 11.9 Å². The van der Waals surface area contributed by atoms with Gasteiger partial charge in [0.05, 0.1) is 0 Å². The molecule has 0 aliphatic rings. The van der Waals surface area contributed by atoms with E-state index in [1.54, 1.807) is 18.4 Å². The summed E-state index contributed by atoms with van der Waals surface area (Å²) in [5, 5.41) is 11.1. The van der Waals surface area contributed by atoms with Crippen LogP contribution in [0.4, 0.5) is 5.13 Å². The number of aromatic nitrogens is 4. The molecule has 0 aliphatic carbocycles. The predicted octanol–water partition coefficient (Wildman–Crippen LogP) is 1.29. The first-order chi connectivity index (χ1) is 8.20. The number of aromatic amines is 1. The van der Waals surface area contributed by atoms with Crippen LogP contribution >= 0.6 is 23.1 Å². The van der Waals surface area contributed by atoms with E-state index < -0.39 is 0 Å². The van der Waals surface area contributed by atoms with E-state index in [0.29, 0.717) is 5.16 Å². The number of anilines is 1. The van der Waals surface area contributed by atoms with Gasteiger partial charge in [0.2, 0.25) is 0 Å². The van der Waals surface area contributed by atoms with Crippen LogP contribution in [0.3, 0.4) is 0 Å². The van der Waals surface area contributed by atoms with Gasteiger partial charge in [0, 0.05) is 30.4 Å². The van der Waals surface area contributed by atoms with Crippen LogP contribution in [0.5, 0.6) is 0 Å². The van der Waals surface area contributed by atoms with Gasteiger partial charge >= 0.3 is 5.69 Å². The van der Waals surface area contributed by atoms with Crippen molar-refractivity contribution < 1.29 is 0 Å². The number of nitrogens with one attached hydrogen (secondary N) is 2. The molecule has 0 radical (unpaired) electrons. The fourth-order valence-corrected chi connectivity index (χ4v) is 3.03. The van der Waals surface area contributed by atoms with Crippen LogP contribution in [0.25, 0.3) is 0 Å². The van der Waals surface area contributed by atoms with Gasteiger partial charge in [-0.2, -0.15) is 0 Å². The summed E-state index contributed by atoms with van der Waals surface area (Å²) in [6, 6.07) is 0. The highest BCUT2D eigenvalue weighted by Gasteiger charge is 2.07. The third-order valence-corrected chi connectivity index (χ3v) is 4.28. The predicted molar refractivity (Wildman–Crippen MR) is 69.7 cm³/mol. The summed E-state index contributed by atoms with van der Waals surface area (Å²) in [5.74, 6) is 0.765. The minimum absolute atomic E-state index is 0.190. The molecule has 2 aromatic heterocycles. The molecular weight excluding hydrogens is 258 g/mol. The van der Waals surface area contributed by atoms with Gasteiger partial charge in [-0.05, 0) is 6.92 Å². The SMILES string of the molecule is CCNc1ncc(CSc2n[nH]c(=O)n2C)s1. The third-order valence-electron chi connectivity index (χ3n) is 2.06. The number of hydrogen-bond donors (Lipinski definition) is 2. The Labute approximate surface area is 106 Å². The maximum atomic E-state index is 11.2. The summed E-state index contributed by atoms with van der Waals surface area (Å²) in [6.07, 6.45) is 1.85. The highest BCUT2D eigenvalue weighted by Crippen LogP contribution is 2.25. The topological polar surface area (TPSA) is 75.6 Å². The van der Waals surface area contributed by atoms with E-state index in [-0.39, 0.29) is 5.69 Å². The molecule has 6 nitrogen and oxygen atoms in total. The highest BCUT2D eigenvalue weighted by molar-refractivity contribution is 7.98. The normalized spacial score (nSPS) is 10.7. The van der Waals surface area contributed by atoms with Crippen molar-refractivity contribution in [1.29, 1.82) is 0 Å². The Morgan fingerprint density at radius 2 is 2.47 bits per heavy atom. The molecule has 0 aromatic carbocycles. The molecule has 0 amide bonds. The Balaban J connectivity index is 1.97. The molecular formula is C9H13N5OS2. The van der Waals surface area contributed by atoms with Gasteiger partial charge in [0.15, 0.2) is 10.3 Å². The zero-order valence-electron chi connectivity index (χ0n) is 9.56. The molecule has 2 rings (SSSR count). The second-order valence-corrected chi connectivity index (χ2v) is 5.38. The van der Waals surface area contributed by atoms with Crippen molar-refractivity contribution in [3.63, 3.8) is 0 Å². The summed E-state index contributed by atoms with van der Waals surface area (Å²) in [7, 11) is 1.70. The van der Waals surface area contributed by atoms with E-state index in [1.807, 2.05) is 13.1 Å². The number of thiazole rings is 1. The first kappa shape index (κ1) is 12.2. The van der Waals surface area contributed by atoms with E-state index in [0.717, 1.165) is 22.3 Å². The van der Waals surface area contributed by atoms with E-state index in [1.165, 1.54) is 16.3 Å². The molecule has 17 heavy (non-hydrogen) atoms. The van der Waals surface area contributed by atoms with Crippen molar-refractivity contribution in [1.82, 2.24) is 19.7 Å². The second kappa shape index (κ2) is 5.37. The van der Waals surface area contributed by atoms with Crippen LogP contribution in [-0.2, 0) is 12.8 Å².